The number of hydrogen-bond acceptors (Lipinski definition) is 6. The van der Waals surface area contributed by atoms with Crippen LogP contribution >= 0.6 is 22.9 Å². The molecule has 6 rings (SSSR count). The maximum Gasteiger partial charge on any atom is 0.258 e. The van der Waals surface area contributed by atoms with Gasteiger partial charge in [0.25, 0.3) is 5.91 Å². The third-order valence-electron chi connectivity index (χ3n) is 5.83. The standard InChI is InChI=1S/C24H19ClN6OS/c1-13-4-2-5-15(28-13)10-31-18-7-3-6-17(19(18)20(30-31)14-8-9-14)29-24(32)16-11-33-22-21(16)26-12-27-23(22)25/h2-7,11-12,14H,8-10H2,1H3,(H,29,32). The fraction of sp³-hybridized carbons (Fsp3) is 0.208. The molecule has 0 saturated heterocycles. The van der Waals surface area contributed by atoms with Crippen LogP contribution in [0.3, 0.4) is 0 Å². The van der Waals surface area contributed by atoms with Gasteiger partial charge < -0.3 is 5.32 Å². The number of fused-ring (bicyclic) bond motifs is 2. The van der Waals surface area contributed by atoms with E-state index >= 15 is 0 Å². The van der Waals surface area contributed by atoms with Gasteiger partial charge in [0, 0.05) is 22.4 Å². The van der Waals surface area contributed by atoms with Crippen molar-refractivity contribution in [2.24, 2.45) is 0 Å². The highest BCUT2D eigenvalue weighted by molar-refractivity contribution is 7.18. The zero-order valence-electron chi connectivity index (χ0n) is 17.7. The van der Waals surface area contributed by atoms with Crippen LogP contribution in [0.15, 0.2) is 48.1 Å². The number of carbonyl (C=O) groups excluding carboxylic acids is 1. The van der Waals surface area contributed by atoms with Crippen LogP contribution in [0.25, 0.3) is 21.1 Å². The number of halogens is 1. The Labute approximate surface area is 198 Å². The lowest BCUT2D eigenvalue weighted by Crippen LogP contribution is -2.12. The van der Waals surface area contributed by atoms with Crippen LogP contribution in [0.2, 0.25) is 5.15 Å². The average Bonchev–Trinajstić information content (AvgIpc) is 3.44. The highest BCUT2D eigenvalue weighted by Gasteiger charge is 2.31. The maximum atomic E-state index is 13.2. The zero-order valence-corrected chi connectivity index (χ0v) is 19.3. The van der Waals surface area contributed by atoms with Crippen LogP contribution in [-0.4, -0.2) is 30.6 Å². The fourth-order valence-corrected chi connectivity index (χ4v) is 5.28. The predicted octanol–water partition coefficient (Wildman–Crippen LogP) is 5.58. The van der Waals surface area contributed by atoms with E-state index in [1.54, 1.807) is 5.38 Å². The molecule has 164 valence electrons. The summed E-state index contributed by atoms with van der Waals surface area (Å²) in [5, 5.41) is 11.2. The Kier molecular flexibility index (Phi) is 4.85. The molecule has 1 saturated carbocycles. The second-order valence-electron chi connectivity index (χ2n) is 8.23. The number of thiophene rings is 1. The van der Waals surface area contributed by atoms with Crippen LogP contribution in [-0.2, 0) is 6.54 Å². The summed E-state index contributed by atoms with van der Waals surface area (Å²) in [4.78, 5) is 26.1. The van der Waals surface area contributed by atoms with Crippen LogP contribution in [0.4, 0.5) is 5.69 Å². The Morgan fingerprint density at radius 1 is 1.21 bits per heavy atom. The lowest BCUT2D eigenvalue weighted by atomic mass is 10.1. The van der Waals surface area contributed by atoms with Crippen LogP contribution in [0.5, 0.6) is 0 Å². The SMILES string of the molecule is Cc1cccc(Cn2nc(C3CC3)c3c(NC(=O)c4csc5c(Cl)ncnc45)cccc32)n1. The molecule has 1 aliphatic rings. The first-order valence-electron chi connectivity index (χ1n) is 10.7. The highest BCUT2D eigenvalue weighted by Crippen LogP contribution is 2.44. The first kappa shape index (κ1) is 20.3. The Balaban J connectivity index is 1.41. The van der Waals surface area contributed by atoms with Crippen LogP contribution < -0.4 is 5.32 Å². The molecule has 1 aromatic carbocycles. The van der Waals surface area contributed by atoms with E-state index in [4.69, 9.17) is 16.7 Å². The summed E-state index contributed by atoms with van der Waals surface area (Å²) in [6, 6.07) is 11.9. The number of anilines is 1. The van der Waals surface area contributed by atoms with Gasteiger partial charge >= 0.3 is 0 Å². The molecular formula is C24H19ClN6OS. The van der Waals surface area contributed by atoms with Crippen molar-refractivity contribution in [2.45, 2.75) is 32.2 Å². The van der Waals surface area contributed by atoms with E-state index in [1.165, 1.54) is 17.7 Å². The number of rotatable bonds is 5. The molecular weight excluding hydrogens is 456 g/mol. The van der Waals surface area contributed by atoms with Gasteiger partial charge in [0.1, 0.15) is 11.5 Å². The first-order chi connectivity index (χ1) is 16.1. The van der Waals surface area contributed by atoms with E-state index in [9.17, 15) is 4.79 Å². The number of hydrogen-bond donors (Lipinski definition) is 1. The summed E-state index contributed by atoms with van der Waals surface area (Å²) < 4.78 is 2.70. The summed E-state index contributed by atoms with van der Waals surface area (Å²) in [7, 11) is 0. The number of nitrogens with one attached hydrogen (secondary N) is 1. The Hall–Kier alpha value is -3.36. The Morgan fingerprint density at radius 2 is 2.06 bits per heavy atom. The molecule has 1 aliphatic carbocycles. The Bertz CT molecular complexity index is 1540. The van der Waals surface area contributed by atoms with Crippen molar-refractivity contribution in [1.29, 1.82) is 0 Å². The molecule has 4 heterocycles. The highest BCUT2D eigenvalue weighted by atomic mass is 35.5. The number of aromatic nitrogens is 5. The molecule has 0 atom stereocenters. The fourth-order valence-electron chi connectivity index (χ4n) is 4.14. The third kappa shape index (κ3) is 3.65. The topological polar surface area (TPSA) is 85.6 Å². The van der Waals surface area contributed by atoms with Gasteiger partial charge in [0.05, 0.1) is 44.9 Å². The lowest BCUT2D eigenvalue weighted by molar-refractivity contribution is 0.102. The smallest absolute Gasteiger partial charge is 0.258 e. The van der Waals surface area contributed by atoms with E-state index in [0.29, 0.717) is 33.4 Å². The van der Waals surface area contributed by atoms with Crippen molar-refractivity contribution in [1.82, 2.24) is 24.7 Å². The number of aryl methyl sites for hydroxylation is 1. The molecule has 0 radical (unpaired) electrons. The van der Waals surface area contributed by atoms with Gasteiger partial charge in [0.2, 0.25) is 0 Å². The number of nitrogens with zero attached hydrogens (tertiary/aromatic N) is 5. The maximum absolute atomic E-state index is 13.2. The lowest BCUT2D eigenvalue weighted by Gasteiger charge is -2.08. The van der Waals surface area contributed by atoms with Crippen molar-refractivity contribution in [3.63, 3.8) is 0 Å². The molecule has 7 nitrogen and oxygen atoms in total. The van der Waals surface area contributed by atoms with Gasteiger partial charge in [0.15, 0.2) is 0 Å². The molecule has 1 N–H and O–H groups in total. The first-order valence-corrected chi connectivity index (χ1v) is 12.0. The van der Waals surface area contributed by atoms with Gasteiger partial charge in [-0.25, -0.2) is 9.97 Å². The number of pyridine rings is 1. The third-order valence-corrected chi connectivity index (χ3v) is 7.20. The van der Waals surface area contributed by atoms with E-state index < -0.39 is 0 Å². The van der Waals surface area contributed by atoms with Gasteiger partial charge in [-0.3, -0.25) is 14.5 Å². The molecule has 0 aliphatic heterocycles. The molecule has 1 fully saturated rings. The summed E-state index contributed by atoms with van der Waals surface area (Å²) in [5.74, 6) is 0.198. The predicted molar refractivity (Wildman–Crippen MR) is 130 cm³/mol. The van der Waals surface area contributed by atoms with Crippen LogP contribution in [0.1, 0.15) is 46.2 Å². The van der Waals surface area contributed by atoms with E-state index in [2.05, 4.69) is 20.3 Å². The molecule has 33 heavy (non-hydrogen) atoms. The van der Waals surface area contributed by atoms with Gasteiger partial charge in [-0.15, -0.1) is 11.3 Å². The number of amides is 1. The molecule has 0 unspecified atom stereocenters. The summed E-state index contributed by atoms with van der Waals surface area (Å²) in [5.41, 5.74) is 5.76. The zero-order chi connectivity index (χ0) is 22.5. The summed E-state index contributed by atoms with van der Waals surface area (Å²) in [6.45, 7) is 2.56. The Morgan fingerprint density at radius 3 is 2.88 bits per heavy atom. The quantitative estimate of drug-likeness (QED) is 0.336. The monoisotopic (exact) mass is 474 g/mol. The minimum Gasteiger partial charge on any atom is -0.321 e. The van der Waals surface area contributed by atoms with Crippen molar-refractivity contribution >= 4 is 55.7 Å². The molecule has 5 aromatic rings. The molecule has 9 heteroatoms. The second kappa shape index (κ2) is 7.90. The molecule has 0 spiro atoms. The second-order valence-corrected chi connectivity index (χ2v) is 9.47. The minimum atomic E-state index is -0.224. The van der Waals surface area contributed by atoms with Gasteiger partial charge in [-0.05, 0) is 44.0 Å². The van der Waals surface area contributed by atoms with Crippen molar-refractivity contribution in [3.8, 4) is 0 Å². The van der Waals surface area contributed by atoms with E-state index in [1.807, 2.05) is 48.0 Å². The van der Waals surface area contributed by atoms with Crippen molar-refractivity contribution < 1.29 is 4.79 Å². The number of carbonyl (C=O) groups is 1. The summed E-state index contributed by atoms with van der Waals surface area (Å²) in [6.07, 6.45) is 3.60. The van der Waals surface area contributed by atoms with Gasteiger partial charge in [-0.1, -0.05) is 23.7 Å². The minimum absolute atomic E-state index is 0.224. The van der Waals surface area contributed by atoms with Crippen molar-refractivity contribution in [2.75, 3.05) is 5.32 Å². The number of benzene rings is 1. The van der Waals surface area contributed by atoms with Crippen LogP contribution in [0, 0.1) is 6.92 Å². The van der Waals surface area contributed by atoms with E-state index in [-0.39, 0.29) is 5.91 Å². The van der Waals surface area contributed by atoms with Crippen molar-refractivity contribution in [3.05, 3.63) is 75.9 Å². The largest absolute Gasteiger partial charge is 0.321 e. The normalized spacial score (nSPS) is 13.6. The molecule has 4 aromatic heterocycles. The molecule has 0 bridgehead atoms. The van der Waals surface area contributed by atoms with Gasteiger partial charge in [-0.2, -0.15) is 5.10 Å². The molecule has 1 amide bonds. The average molecular weight is 475 g/mol. The van der Waals surface area contributed by atoms with E-state index in [0.717, 1.165) is 46.5 Å². The summed E-state index contributed by atoms with van der Waals surface area (Å²) >= 11 is 7.53.